The first-order valence-corrected chi connectivity index (χ1v) is 4.38. The van der Waals surface area contributed by atoms with Gasteiger partial charge < -0.3 is 20.4 Å². The molecule has 5 nitrogen and oxygen atoms in total. The molecular formula is C10H12O5. The van der Waals surface area contributed by atoms with Crippen molar-refractivity contribution in [2.24, 2.45) is 0 Å². The average Bonchev–Trinajstić information content (AvgIpc) is 2.10. The number of carboxylic acid groups (broad SMARTS) is 1. The van der Waals surface area contributed by atoms with Crippen molar-refractivity contribution in [3.8, 4) is 11.5 Å². The lowest BCUT2D eigenvalue weighted by Crippen LogP contribution is -2.10. The molecule has 0 radical (unpaired) electrons. The molecule has 15 heavy (non-hydrogen) atoms. The number of carboxylic acids is 1. The summed E-state index contributed by atoms with van der Waals surface area (Å²) in [5.41, 5.74) is -0.0799. The van der Waals surface area contributed by atoms with Crippen molar-refractivity contribution >= 4 is 5.97 Å². The van der Waals surface area contributed by atoms with Crippen molar-refractivity contribution in [3.05, 3.63) is 23.3 Å². The van der Waals surface area contributed by atoms with Gasteiger partial charge in [0.15, 0.2) is 11.5 Å². The number of aromatic carboxylic acids is 1. The van der Waals surface area contributed by atoms with Crippen LogP contribution < -0.4 is 0 Å². The molecular weight excluding hydrogens is 200 g/mol. The Labute approximate surface area is 86.2 Å². The van der Waals surface area contributed by atoms with Crippen LogP contribution in [-0.4, -0.2) is 32.5 Å². The quantitative estimate of drug-likeness (QED) is 0.553. The van der Waals surface area contributed by atoms with Crippen LogP contribution in [-0.2, 0) is 6.42 Å². The second-order valence-electron chi connectivity index (χ2n) is 3.33. The number of aliphatic hydroxyl groups is 1. The molecule has 1 rings (SSSR count). The maximum absolute atomic E-state index is 10.8. The molecule has 0 spiro atoms. The highest BCUT2D eigenvalue weighted by molar-refractivity contribution is 5.93. The third kappa shape index (κ3) is 2.38. The van der Waals surface area contributed by atoms with Crippen molar-refractivity contribution in [2.75, 3.05) is 0 Å². The van der Waals surface area contributed by atoms with Gasteiger partial charge in [0.05, 0.1) is 6.10 Å². The monoisotopic (exact) mass is 212 g/mol. The highest BCUT2D eigenvalue weighted by atomic mass is 16.4. The third-order valence-corrected chi connectivity index (χ3v) is 1.97. The molecule has 1 unspecified atom stereocenters. The third-order valence-electron chi connectivity index (χ3n) is 1.97. The van der Waals surface area contributed by atoms with Crippen molar-refractivity contribution < 1.29 is 25.2 Å². The van der Waals surface area contributed by atoms with Crippen LogP contribution in [0.1, 0.15) is 22.8 Å². The fourth-order valence-electron chi connectivity index (χ4n) is 1.35. The van der Waals surface area contributed by atoms with Gasteiger partial charge in [0.1, 0.15) is 5.56 Å². The number of carbonyl (C=O) groups is 1. The zero-order chi connectivity index (χ0) is 11.6. The Hall–Kier alpha value is -1.75. The second kappa shape index (κ2) is 4.18. The summed E-state index contributed by atoms with van der Waals surface area (Å²) in [5, 5.41) is 36.4. The lowest BCUT2D eigenvalue weighted by atomic mass is 10.0. The highest BCUT2D eigenvalue weighted by Gasteiger charge is 2.19. The normalized spacial score (nSPS) is 12.4. The minimum absolute atomic E-state index is 0.107. The molecule has 82 valence electrons. The van der Waals surface area contributed by atoms with Gasteiger partial charge in [0.2, 0.25) is 0 Å². The molecule has 0 aliphatic heterocycles. The van der Waals surface area contributed by atoms with Gasteiger partial charge in [-0.3, -0.25) is 0 Å². The smallest absolute Gasteiger partial charge is 0.339 e. The highest BCUT2D eigenvalue weighted by Crippen LogP contribution is 2.31. The number of phenolic OH excluding ortho intramolecular Hbond substituents is 1. The molecule has 5 heteroatoms. The van der Waals surface area contributed by atoms with E-state index < -0.39 is 23.6 Å². The number of rotatable bonds is 3. The Morgan fingerprint density at radius 3 is 2.47 bits per heavy atom. The molecule has 1 atom stereocenters. The van der Waals surface area contributed by atoms with Crippen LogP contribution in [0.3, 0.4) is 0 Å². The summed E-state index contributed by atoms with van der Waals surface area (Å²) in [6.45, 7) is 1.51. The molecule has 0 saturated heterocycles. The van der Waals surface area contributed by atoms with Gasteiger partial charge in [-0.15, -0.1) is 0 Å². The number of benzene rings is 1. The summed E-state index contributed by atoms with van der Waals surface area (Å²) < 4.78 is 0. The molecule has 0 amide bonds. The number of aromatic hydroxyl groups is 2. The molecule has 0 bridgehead atoms. The summed E-state index contributed by atoms with van der Waals surface area (Å²) in [7, 11) is 0. The Morgan fingerprint density at radius 2 is 2.00 bits per heavy atom. The van der Waals surface area contributed by atoms with E-state index in [0.717, 1.165) is 0 Å². The standard InChI is InChI=1S/C10H12O5/c1-5(11)4-6-2-3-7(12)9(13)8(6)10(14)15/h2-3,5,11-13H,4H2,1H3,(H,14,15). The SMILES string of the molecule is CC(O)Cc1ccc(O)c(O)c1C(=O)O. The van der Waals surface area contributed by atoms with Crippen molar-refractivity contribution in [1.82, 2.24) is 0 Å². The Balaban J connectivity index is 3.27. The van der Waals surface area contributed by atoms with Crippen LogP contribution >= 0.6 is 0 Å². The summed E-state index contributed by atoms with van der Waals surface area (Å²) in [5.74, 6) is -2.48. The predicted octanol–water partition coefficient (Wildman–Crippen LogP) is 0.719. The van der Waals surface area contributed by atoms with E-state index in [1.54, 1.807) is 0 Å². The fourth-order valence-corrected chi connectivity index (χ4v) is 1.35. The van der Waals surface area contributed by atoms with Gasteiger partial charge in [-0.05, 0) is 25.0 Å². The minimum Gasteiger partial charge on any atom is -0.504 e. The van der Waals surface area contributed by atoms with Crippen LogP contribution in [0.25, 0.3) is 0 Å². The molecule has 0 aromatic heterocycles. The van der Waals surface area contributed by atoms with E-state index in [2.05, 4.69) is 0 Å². The lowest BCUT2D eigenvalue weighted by molar-refractivity contribution is 0.0691. The summed E-state index contributed by atoms with van der Waals surface area (Å²) in [6.07, 6.45) is -0.609. The number of aliphatic hydroxyl groups excluding tert-OH is 1. The molecule has 0 fully saturated rings. The van der Waals surface area contributed by atoms with Gasteiger partial charge >= 0.3 is 5.97 Å². The van der Waals surface area contributed by atoms with Crippen LogP contribution in [0, 0.1) is 0 Å². The zero-order valence-electron chi connectivity index (χ0n) is 8.14. The number of hydrogen-bond donors (Lipinski definition) is 4. The Bertz CT molecular complexity index is 384. The summed E-state index contributed by atoms with van der Waals surface area (Å²) in [4.78, 5) is 10.8. The fraction of sp³-hybridized carbons (Fsp3) is 0.300. The summed E-state index contributed by atoms with van der Waals surface area (Å²) >= 11 is 0. The minimum atomic E-state index is -1.33. The van der Waals surface area contributed by atoms with Gasteiger partial charge in [0, 0.05) is 0 Å². The van der Waals surface area contributed by atoms with Gasteiger partial charge in [-0.1, -0.05) is 6.07 Å². The van der Waals surface area contributed by atoms with Crippen molar-refractivity contribution in [2.45, 2.75) is 19.4 Å². The van der Waals surface area contributed by atoms with E-state index in [1.807, 2.05) is 0 Å². The van der Waals surface area contributed by atoms with Crippen LogP contribution in [0.2, 0.25) is 0 Å². The lowest BCUT2D eigenvalue weighted by Gasteiger charge is -2.10. The molecule has 0 heterocycles. The van der Waals surface area contributed by atoms with Crippen molar-refractivity contribution in [1.29, 1.82) is 0 Å². The van der Waals surface area contributed by atoms with E-state index in [-0.39, 0.29) is 17.5 Å². The number of phenols is 2. The summed E-state index contributed by atoms with van der Waals surface area (Å²) in [6, 6.07) is 2.56. The van der Waals surface area contributed by atoms with Crippen LogP contribution in [0.5, 0.6) is 11.5 Å². The van der Waals surface area contributed by atoms with E-state index >= 15 is 0 Å². The zero-order valence-corrected chi connectivity index (χ0v) is 8.14. The first-order chi connectivity index (χ1) is 6.93. The second-order valence-corrected chi connectivity index (χ2v) is 3.33. The molecule has 1 aromatic carbocycles. The van der Waals surface area contributed by atoms with Crippen LogP contribution in [0.4, 0.5) is 0 Å². The average molecular weight is 212 g/mol. The maximum atomic E-state index is 10.8. The topological polar surface area (TPSA) is 98.0 Å². The van der Waals surface area contributed by atoms with Gasteiger partial charge in [-0.2, -0.15) is 0 Å². The van der Waals surface area contributed by atoms with Crippen LogP contribution in [0.15, 0.2) is 12.1 Å². The first-order valence-electron chi connectivity index (χ1n) is 4.38. The maximum Gasteiger partial charge on any atom is 0.339 e. The molecule has 4 N–H and O–H groups in total. The van der Waals surface area contributed by atoms with Crippen molar-refractivity contribution in [3.63, 3.8) is 0 Å². The van der Waals surface area contributed by atoms with E-state index in [1.165, 1.54) is 19.1 Å². The molecule has 0 saturated carbocycles. The largest absolute Gasteiger partial charge is 0.504 e. The molecule has 0 aliphatic carbocycles. The predicted molar refractivity (Wildman–Crippen MR) is 52.1 cm³/mol. The molecule has 1 aromatic rings. The van der Waals surface area contributed by atoms with E-state index in [9.17, 15) is 9.90 Å². The van der Waals surface area contributed by atoms with E-state index in [4.69, 9.17) is 15.3 Å². The number of hydrogen-bond acceptors (Lipinski definition) is 4. The Kier molecular flexibility index (Phi) is 3.16. The van der Waals surface area contributed by atoms with Gasteiger partial charge in [-0.25, -0.2) is 4.79 Å². The van der Waals surface area contributed by atoms with E-state index in [0.29, 0.717) is 0 Å². The Morgan fingerprint density at radius 1 is 1.40 bits per heavy atom. The van der Waals surface area contributed by atoms with Gasteiger partial charge in [0.25, 0.3) is 0 Å². The molecule has 0 aliphatic rings. The first kappa shape index (κ1) is 11.3.